The van der Waals surface area contributed by atoms with Crippen molar-refractivity contribution in [2.45, 2.75) is 19.4 Å². The Kier molecular flexibility index (Phi) is 10.2. The number of anilines is 1. The Bertz CT molecular complexity index is 1010. The number of ketones is 1. The van der Waals surface area contributed by atoms with E-state index in [1.165, 1.54) is 0 Å². The molecule has 0 bridgehead atoms. The van der Waals surface area contributed by atoms with E-state index < -0.39 is 24.3 Å². The maximum Gasteiger partial charge on any atom is 0.251 e. The molecule has 2 aromatic rings. The predicted octanol–water partition coefficient (Wildman–Crippen LogP) is 0.985. The number of nitrogens with two attached hydrogens (primary N) is 1. The van der Waals surface area contributed by atoms with Crippen LogP contribution in [0.2, 0.25) is 0 Å². The average molecular weight is 451 g/mol. The van der Waals surface area contributed by atoms with Crippen LogP contribution in [0.3, 0.4) is 0 Å². The van der Waals surface area contributed by atoms with Crippen molar-refractivity contribution >= 4 is 23.3 Å². The molecule has 8 nitrogen and oxygen atoms in total. The van der Waals surface area contributed by atoms with Crippen LogP contribution in [0, 0.1) is 11.8 Å². The molecule has 5 N–H and O–H groups in total. The molecule has 0 radical (unpaired) electrons. The third-order valence-corrected chi connectivity index (χ3v) is 4.77. The molecule has 0 spiro atoms. The van der Waals surface area contributed by atoms with Gasteiger partial charge in [-0.3, -0.25) is 19.3 Å². The van der Waals surface area contributed by atoms with Crippen molar-refractivity contribution in [3.8, 4) is 11.8 Å². The summed E-state index contributed by atoms with van der Waals surface area (Å²) in [6, 6.07) is 12.9. The van der Waals surface area contributed by atoms with Crippen LogP contribution in [0.5, 0.6) is 0 Å². The number of nitrogens with zero attached hydrogens (tertiary/aromatic N) is 1. The zero-order valence-electron chi connectivity index (χ0n) is 18.9. The Labute approximate surface area is 194 Å². The van der Waals surface area contributed by atoms with Crippen LogP contribution < -0.4 is 16.4 Å². The molecule has 174 valence electrons. The molecule has 0 heterocycles. The molecule has 2 amide bonds. The van der Waals surface area contributed by atoms with Gasteiger partial charge >= 0.3 is 0 Å². The van der Waals surface area contributed by atoms with Crippen LogP contribution in [0.15, 0.2) is 48.5 Å². The van der Waals surface area contributed by atoms with Gasteiger partial charge < -0.3 is 21.5 Å². The molecule has 0 unspecified atom stereocenters. The van der Waals surface area contributed by atoms with Gasteiger partial charge in [-0.05, 0) is 68.5 Å². The number of hydrogen-bond donors (Lipinski definition) is 4. The van der Waals surface area contributed by atoms with Gasteiger partial charge in [-0.25, -0.2) is 0 Å². The van der Waals surface area contributed by atoms with Crippen molar-refractivity contribution in [3.63, 3.8) is 0 Å². The first-order valence-electron chi connectivity index (χ1n) is 10.7. The van der Waals surface area contributed by atoms with Crippen LogP contribution in [-0.4, -0.2) is 66.9 Å². The fraction of sp³-hybridized carbons (Fsp3) is 0.320. The van der Waals surface area contributed by atoms with Crippen molar-refractivity contribution < 1.29 is 19.5 Å². The minimum Gasteiger partial charge on any atom is -0.388 e. The zero-order valence-corrected chi connectivity index (χ0v) is 18.9. The normalized spacial score (nSPS) is 11.3. The number of rotatable bonds is 10. The molecule has 2 rings (SSSR count). The third-order valence-electron chi connectivity index (χ3n) is 4.77. The van der Waals surface area contributed by atoms with E-state index in [0.29, 0.717) is 23.4 Å². The summed E-state index contributed by atoms with van der Waals surface area (Å²) in [6.07, 6.45) is 0.994. The number of carbonyl (C=O) groups is 3. The summed E-state index contributed by atoms with van der Waals surface area (Å²) in [6.45, 7) is 2.51. The molecule has 0 fully saturated rings. The lowest BCUT2D eigenvalue weighted by atomic mass is 10.1. The van der Waals surface area contributed by atoms with E-state index >= 15 is 0 Å². The number of aliphatic hydroxyl groups excluding tert-OH is 1. The van der Waals surface area contributed by atoms with Gasteiger partial charge in [0.2, 0.25) is 5.91 Å². The van der Waals surface area contributed by atoms with Gasteiger partial charge in [0.05, 0.1) is 6.54 Å². The maximum atomic E-state index is 12.3. The quantitative estimate of drug-likeness (QED) is 0.400. The van der Waals surface area contributed by atoms with Gasteiger partial charge in [0.25, 0.3) is 5.91 Å². The zero-order chi connectivity index (χ0) is 24.2. The molecular weight excluding hydrogens is 420 g/mol. The number of benzene rings is 2. The minimum absolute atomic E-state index is 0.0626. The SMILES string of the molecule is CCCN(C)CC(=O)Nc1ccc(C#Cc2ccc(C(=O)N[C@@H](CN)C(=O)CO)cc2)cc1. The number of nitrogens with one attached hydrogen (secondary N) is 2. The van der Waals surface area contributed by atoms with Crippen LogP contribution in [0.1, 0.15) is 34.8 Å². The van der Waals surface area contributed by atoms with Crippen LogP contribution in [0.4, 0.5) is 5.69 Å². The van der Waals surface area contributed by atoms with Crippen LogP contribution in [0.25, 0.3) is 0 Å². The average Bonchev–Trinajstić information content (AvgIpc) is 2.81. The Hall–Kier alpha value is -3.51. The van der Waals surface area contributed by atoms with Crippen molar-refractivity contribution in [1.29, 1.82) is 0 Å². The van der Waals surface area contributed by atoms with E-state index in [2.05, 4.69) is 29.4 Å². The Balaban J connectivity index is 1.95. The van der Waals surface area contributed by atoms with Gasteiger partial charge in [-0.2, -0.15) is 0 Å². The Morgan fingerprint density at radius 1 is 1.03 bits per heavy atom. The first-order chi connectivity index (χ1) is 15.9. The van der Waals surface area contributed by atoms with E-state index in [1.54, 1.807) is 36.4 Å². The van der Waals surface area contributed by atoms with E-state index in [-0.39, 0.29) is 12.5 Å². The second-order valence-electron chi connectivity index (χ2n) is 7.58. The highest BCUT2D eigenvalue weighted by atomic mass is 16.3. The number of likely N-dealkylation sites (N-methyl/N-ethyl adjacent to an activating group) is 1. The summed E-state index contributed by atoms with van der Waals surface area (Å²) >= 11 is 0. The highest BCUT2D eigenvalue weighted by Gasteiger charge is 2.18. The maximum absolute atomic E-state index is 12.3. The summed E-state index contributed by atoms with van der Waals surface area (Å²) < 4.78 is 0. The third kappa shape index (κ3) is 8.50. The fourth-order valence-corrected chi connectivity index (χ4v) is 3.02. The summed E-state index contributed by atoms with van der Waals surface area (Å²) in [5, 5.41) is 14.3. The van der Waals surface area contributed by atoms with Crippen molar-refractivity contribution in [3.05, 3.63) is 65.2 Å². The minimum atomic E-state index is -0.924. The molecule has 2 aromatic carbocycles. The van der Waals surface area contributed by atoms with E-state index in [4.69, 9.17) is 10.8 Å². The van der Waals surface area contributed by atoms with Gasteiger partial charge in [0, 0.05) is 28.9 Å². The van der Waals surface area contributed by atoms with E-state index in [0.717, 1.165) is 18.5 Å². The second kappa shape index (κ2) is 13.1. The number of Topliss-reactive ketones (excluding diaryl/α,β-unsaturated/α-hetero) is 1. The molecule has 0 saturated heterocycles. The second-order valence-corrected chi connectivity index (χ2v) is 7.58. The van der Waals surface area contributed by atoms with Crippen molar-refractivity contribution in [1.82, 2.24) is 10.2 Å². The molecule has 8 heteroatoms. The van der Waals surface area contributed by atoms with Crippen molar-refractivity contribution in [2.75, 3.05) is 38.6 Å². The summed E-state index contributed by atoms with van der Waals surface area (Å²) in [4.78, 5) is 37.8. The van der Waals surface area contributed by atoms with Gasteiger partial charge in [-0.15, -0.1) is 0 Å². The number of carbonyl (C=O) groups excluding carboxylic acids is 3. The first-order valence-corrected chi connectivity index (χ1v) is 10.7. The van der Waals surface area contributed by atoms with Crippen LogP contribution >= 0.6 is 0 Å². The monoisotopic (exact) mass is 450 g/mol. The summed E-state index contributed by atoms with van der Waals surface area (Å²) in [5.41, 5.74) is 8.03. The molecule has 33 heavy (non-hydrogen) atoms. The number of aliphatic hydroxyl groups is 1. The van der Waals surface area contributed by atoms with Gasteiger partial charge in [0.1, 0.15) is 12.6 Å². The molecule has 0 saturated carbocycles. The highest BCUT2D eigenvalue weighted by molar-refractivity contribution is 5.98. The van der Waals surface area contributed by atoms with Crippen molar-refractivity contribution in [2.24, 2.45) is 5.73 Å². The lowest BCUT2D eigenvalue weighted by Crippen LogP contribution is -2.46. The molecule has 0 aliphatic carbocycles. The molecular formula is C25H30N4O4. The number of amides is 2. The Morgan fingerprint density at radius 3 is 2.12 bits per heavy atom. The largest absolute Gasteiger partial charge is 0.388 e. The lowest BCUT2D eigenvalue weighted by molar-refractivity contribution is -0.123. The molecule has 0 aliphatic heterocycles. The molecule has 0 aromatic heterocycles. The standard InChI is InChI=1S/C25H30N4O4/c1-3-14-29(2)16-24(32)27-21-12-8-19(9-13-21)5-4-18-6-10-20(11-7-18)25(33)28-22(15-26)23(31)17-30/h6-13,22,30H,3,14-17,26H2,1-2H3,(H,27,32)(H,28,33)/t22-/m0/s1. The van der Waals surface area contributed by atoms with E-state index in [9.17, 15) is 14.4 Å². The smallest absolute Gasteiger partial charge is 0.251 e. The molecule has 1 atom stereocenters. The summed E-state index contributed by atoms with van der Waals surface area (Å²) in [7, 11) is 1.91. The lowest BCUT2D eigenvalue weighted by Gasteiger charge is -2.14. The highest BCUT2D eigenvalue weighted by Crippen LogP contribution is 2.10. The van der Waals surface area contributed by atoms with Gasteiger partial charge in [0.15, 0.2) is 5.78 Å². The first kappa shape index (κ1) is 25.7. The fourth-order valence-electron chi connectivity index (χ4n) is 3.02. The predicted molar refractivity (Wildman–Crippen MR) is 128 cm³/mol. The molecule has 0 aliphatic rings. The van der Waals surface area contributed by atoms with Gasteiger partial charge in [-0.1, -0.05) is 18.8 Å². The number of hydrogen-bond acceptors (Lipinski definition) is 6. The van der Waals surface area contributed by atoms with Crippen LogP contribution in [-0.2, 0) is 9.59 Å². The topological polar surface area (TPSA) is 125 Å². The summed E-state index contributed by atoms with van der Waals surface area (Å²) in [5.74, 6) is 5.01. The Morgan fingerprint density at radius 2 is 1.61 bits per heavy atom. The van der Waals surface area contributed by atoms with E-state index in [1.807, 2.05) is 24.1 Å².